The molecule has 0 heterocycles. The summed E-state index contributed by atoms with van der Waals surface area (Å²) in [4.78, 5) is 11.8. The zero-order chi connectivity index (χ0) is 28.1. The summed E-state index contributed by atoms with van der Waals surface area (Å²) in [5, 5.41) is 15.9. The molecule has 0 N–H and O–H groups in total. The topological polar surface area (TPSA) is 58.6 Å². The Labute approximate surface area is 226 Å². The standard InChI is InChI=1S/C31H28F3O4P/c1-3-38-29(36)26-21-30(31(32,33)34,20-19-28(35)37-2)22-27(26)39(23-13-7-4-8-14-23,24-15-9-5-10-16-24)25-17-11-6-12-18-25/h4-18,27H,3,21-22H2,1-2H3/b29-26+. The van der Waals surface area contributed by atoms with Crippen LogP contribution in [0.1, 0.15) is 19.8 Å². The van der Waals surface area contributed by atoms with Crippen molar-refractivity contribution in [3.8, 4) is 11.8 Å². The molecule has 0 saturated heterocycles. The van der Waals surface area contributed by atoms with E-state index >= 15 is 0 Å². The maximum atomic E-state index is 15.0. The summed E-state index contributed by atoms with van der Waals surface area (Å²) >= 11 is 0. The van der Waals surface area contributed by atoms with Crippen molar-refractivity contribution >= 4 is 29.1 Å². The number of esters is 1. The molecule has 0 spiro atoms. The van der Waals surface area contributed by atoms with E-state index in [1.807, 2.05) is 96.9 Å². The van der Waals surface area contributed by atoms with Crippen molar-refractivity contribution in [1.82, 2.24) is 0 Å². The van der Waals surface area contributed by atoms with E-state index in [2.05, 4.69) is 10.7 Å². The van der Waals surface area contributed by atoms with E-state index in [-0.39, 0.29) is 12.2 Å². The number of ether oxygens (including phenoxy) is 2. The first kappa shape index (κ1) is 28.3. The fourth-order valence-corrected chi connectivity index (χ4v) is 10.5. The van der Waals surface area contributed by atoms with Gasteiger partial charge in [-0.3, -0.25) is 0 Å². The van der Waals surface area contributed by atoms with Gasteiger partial charge in [0, 0.05) is 12.3 Å². The molecule has 0 radical (unpaired) electrons. The van der Waals surface area contributed by atoms with E-state index in [9.17, 15) is 23.1 Å². The highest BCUT2D eigenvalue weighted by atomic mass is 31.2. The molecule has 39 heavy (non-hydrogen) atoms. The third-order valence-corrected chi connectivity index (χ3v) is 11.8. The zero-order valence-corrected chi connectivity index (χ0v) is 22.5. The van der Waals surface area contributed by atoms with Crippen molar-refractivity contribution in [3.63, 3.8) is 0 Å². The zero-order valence-electron chi connectivity index (χ0n) is 21.6. The van der Waals surface area contributed by atoms with Gasteiger partial charge < -0.3 is 14.6 Å². The molecule has 3 aromatic rings. The van der Waals surface area contributed by atoms with Crippen LogP contribution in [0.4, 0.5) is 13.2 Å². The highest BCUT2D eigenvalue weighted by Crippen LogP contribution is 2.70. The average molecular weight is 553 g/mol. The third-order valence-electron chi connectivity index (χ3n) is 7.06. The van der Waals surface area contributed by atoms with Gasteiger partial charge in [-0.1, -0.05) is 67.4 Å². The number of carbonyl (C=O) groups excluding carboxylic acids is 1. The highest BCUT2D eigenvalue weighted by molar-refractivity contribution is 7.96. The number of hydrogen-bond donors (Lipinski definition) is 0. The average Bonchev–Trinajstić information content (AvgIpc) is 3.36. The van der Waals surface area contributed by atoms with Gasteiger partial charge in [0.25, 0.3) is 0 Å². The second-order valence-corrected chi connectivity index (χ2v) is 12.8. The summed E-state index contributed by atoms with van der Waals surface area (Å²) in [6.45, 7) is 1.62. The second kappa shape index (κ2) is 11.6. The molecule has 8 heteroatoms. The van der Waals surface area contributed by atoms with Crippen LogP contribution in [0.15, 0.2) is 103 Å². The summed E-state index contributed by atoms with van der Waals surface area (Å²) in [7, 11) is -1.90. The van der Waals surface area contributed by atoms with E-state index in [0.29, 0.717) is 0 Å². The number of alkyl halides is 3. The number of methoxy groups -OCH3 is 1. The van der Waals surface area contributed by atoms with Crippen molar-refractivity contribution < 1.29 is 32.5 Å². The minimum atomic E-state index is -4.83. The van der Waals surface area contributed by atoms with E-state index < -0.39 is 49.3 Å². The highest BCUT2D eigenvalue weighted by Gasteiger charge is 2.67. The van der Waals surface area contributed by atoms with Gasteiger partial charge in [-0.05, 0) is 55.0 Å². The van der Waals surface area contributed by atoms with Crippen molar-refractivity contribution in [1.29, 1.82) is 0 Å². The molecule has 0 amide bonds. The lowest BCUT2D eigenvalue weighted by Gasteiger charge is -2.35. The third kappa shape index (κ3) is 5.27. The van der Waals surface area contributed by atoms with Crippen molar-refractivity contribution in [2.45, 2.75) is 31.6 Å². The lowest BCUT2D eigenvalue weighted by molar-refractivity contribution is -0.358. The SMILES string of the molecule is CCO/C([O-])=C1\CC(C#CC(=O)OC)(C(F)(F)F)CC1[P+](c1ccccc1)(c1ccccc1)c1ccccc1. The molecule has 4 nitrogen and oxygen atoms in total. The molecular weight excluding hydrogens is 524 g/mol. The molecule has 1 aliphatic rings. The van der Waals surface area contributed by atoms with Crippen LogP contribution in [-0.2, 0) is 14.3 Å². The van der Waals surface area contributed by atoms with Crippen molar-refractivity contribution in [3.05, 3.63) is 103 Å². The monoisotopic (exact) mass is 552 g/mol. The van der Waals surface area contributed by atoms with Crippen molar-refractivity contribution in [2.24, 2.45) is 5.41 Å². The predicted octanol–water partition coefficient (Wildman–Crippen LogP) is 4.48. The van der Waals surface area contributed by atoms with Gasteiger partial charge in [0.15, 0.2) is 0 Å². The predicted molar refractivity (Wildman–Crippen MR) is 145 cm³/mol. The van der Waals surface area contributed by atoms with Crippen LogP contribution in [0.25, 0.3) is 0 Å². The first-order chi connectivity index (χ1) is 18.7. The maximum Gasteiger partial charge on any atom is 0.405 e. The largest absolute Gasteiger partial charge is 0.613 e. The maximum absolute atomic E-state index is 15.0. The number of benzene rings is 3. The van der Waals surface area contributed by atoms with E-state index in [4.69, 9.17) is 4.74 Å². The number of carbonyl (C=O) groups is 1. The molecule has 2 unspecified atom stereocenters. The number of halogens is 3. The fourth-order valence-electron chi connectivity index (χ4n) is 5.35. The van der Waals surface area contributed by atoms with E-state index in [0.717, 1.165) is 23.0 Å². The normalized spacial score (nSPS) is 20.5. The smallest absolute Gasteiger partial charge is 0.405 e. The Morgan fingerprint density at radius 3 is 1.79 bits per heavy atom. The van der Waals surface area contributed by atoms with Gasteiger partial charge in [-0.25, -0.2) is 4.79 Å². The quantitative estimate of drug-likeness (QED) is 0.149. The molecule has 202 valence electrons. The van der Waals surface area contributed by atoms with Gasteiger partial charge >= 0.3 is 12.1 Å². The van der Waals surface area contributed by atoms with Crippen LogP contribution in [-0.4, -0.2) is 31.5 Å². The first-order valence-electron chi connectivity index (χ1n) is 12.5. The van der Waals surface area contributed by atoms with Gasteiger partial charge in [0.1, 0.15) is 34.3 Å². The van der Waals surface area contributed by atoms with Gasteiger partial charge in [0.05, 0.1) is 13.1 Å². The molecule has 0 aromatic heterocycles. The number of allylic oxidation sites excluding steroid dienone is 1. The number of hydrogen-bond acceptors (Lipinski definition) is 4. The summed E-state index contributed by atoms with van der Waals surface area (Å²) in [5.41, 5.74) is -3.51. The molecule has 2 atom stereocenters. The Bertz CT molecular complexity index is 1280. The Morgan fingerprint density at radius 2 is 1.41 bits per heavy atom. The van der Waals surface area contributed by atoms with Crippen LogP contribution >= 0.6 is 7.26 Å². The van der Waals surface area contributed by atoms with Gasteiger partial charge in [-0.2, -0.15) is 13.2 Å². The molecule has 1 aliphatic carbocycles. The summed E-state index contributed by atoms with van der Waals surface area (Å²) in [6, 6.07) is 28.1. The van der Waals surface area contributed by atoms with Crippen molar-refractivity contribution in [2.75, 3.05) is 13.7 Å². The molecule has 0 bridgehead atoms. The van der Waals surface area contributed by atoms with E-state index in [1.165, 1.54) is 0 Å². The molecular formula is C31H28F3O4P. The second-order valence-electron chi connectivity index (χ2n) is 9.19. The van der Waals surface area contributed by atoms with Crippen LogP contribution < -0.4 is 21.0 Å². The Balaban J connectivity index is 2.12. The Hall–Kier alpha value is -3.75. The molecule has 1 fully saturated rings. The first-order valence-corrected chi connectivity index (χ1v) is 14.3. The Kier molecular flexibility index (Phi) is 8.37. The lowest BCUT2D eigenvalue weighted by Crippen LogP contribution is -2.41. The van der Waals surface area contributed by atoms with E-state index in [1.54, 1.807) is 6.92 Å². The minimum Gasteiger partial charge on any atom is -0.613 e. The molecule has 4 rings (SSSR count). The summed E-state index contributed by atoms with van der Waals surface area (Å²) in [6.07, 6.45) is -6.04. The fraction of sp³-hybridized carbons (Fsp3) is 0.258. The summed E-state index contributed by atoms with van der Waals surface area (Å²) in [5.74, 6) is 2.38. The Morgan fingerprint density at radius 1 is 0.949 bits per heavy atom. The molecule has 0 aliphatic heterocycles. The number of rotatable bonds is 6. The lowest BCUT2D eigenvalue weighted by atomic mass is 9.86. The van der Waals surface area contributed by atoms with Gasteiger partial charge in [0.2, 0.25) is 0 Å². The van der Waals surface area contributed by atoms with Crippen LogP contribution in [0, 0.1) is 17.3 Å². The van der Waals surface area contributed by atoms with Crippen LogP contribution in [0.5, 0.6) is 0 Å². The summed E-state index contributed by atoms with van der Waals surface area (Å²) < 4.78 is 54.7. The van der Waals surface area contributed by atoms with Crippen LogP contribution in [0.3, 0.4) is 0 Å². The minimum absolute atomic E-state index is 0.00929. The van der Waals surface area contributed by atoms with Gasteiger partial charge in [-0.15, -0.1) is 0 Å². The molecule has 1 saturated carbocycles. The van der Waals surface area contributed by atoms with Crippen LogP contribution in [0.2, 0.25) is 0 Å². The molecule has 3 aromatic carbocycles.